The number of aromatic nitrogens is 2. The maximum atomic E-state index is 4.29. The van der Waals surface area contributed by atoms with Crippen molar-refractivity contribution < 1.29 is 0 Å². The molecule has 1 atom stereocenters. The first-order valence-corrected chi connectivity index (χ1v) is 8.46. The van der Waals surface area contributed by atoms with E-state index in [1.165, 1.54) is 24.9 Å². The predicted octanol–water partition coefficient (Wildman–Crippen LogP) is 2.45. The molecule has 1 aromatic heterocycles. The number of rotatable bonds is 6. The van der Waals surface area contributed by atoms with Crippen LogP contribution in [-0.4, -0.2) is 45.9 Å². The van der Waals surface area contributed by atoms with Crippen molar-refractivity contribution in [2.45, 2.75) is 58.5 Å². The van der Waals surface area contributed by atoms with E-state index in [9.17, 15) is 0 Å². The van der Waals surface area contributed by atoms with Gasteiger partial charge in [-0.3, -0.25) is 9.58 Å². The van der Waals surface area contributed by atoms with Crippen LogP contribution >= 0.6 is 0 Å². The molecule has 1 N–H and O–H groups in total. The lowest BCUT2D eigenvalue weighted by molar-refractivity contribution is 0.0234. The van der Waals surface area contributed by atoms with Crippen molar-refractivity contribution >= 4 is 0 Å². The maximum absolute atomic E-state index is 4.29. The normalized spacial score (nSPS) is 22.9. The number of hydrogen-bond donors (Lipinski definition) is 1. The highest BCUT2D eigenvalue weighted by atomic mass is 15.3. The third-order valence-electron chi connectivity index (χ3n) is 5.33. The molecule has 0 amide bonds. The quantitative estimate of drug-likeness (QED) is 0.874. The Kier molecular flexibility index (Phi) is 5.44. The van der Waals surface area contributed by atoms with E-state index in [1.807, 2.05) is 17.9 Å². The molecule has 2 rings (SSSR count). The van der Waals surface area contributed by atoms with Crippen LogP contribution in [0.5, 0.6) is 0 Å². The van der Waals surface area contributed by atoms with Crippen molar-refractivity contribution in [3.63, 3.8) is 0 Å². The summed E-state index contributed by atoms with van der Waals surface area (Å²) in [5.74, 6) is 0.692. The fourth-order valence-corrected chi connectivity index (χ4v) is 3.52. The molecular formula is C17H32N4. The SMILES string of the molecule is CCC1(CC)CNC(C(C)C)CN1CCc1cnn(C)c1. The Morgan fingerprint density at radius 2 is 2.10 bits per heavy atom. The standard InChI is InChI=1S/C17H32N4/c1-6-17(7-2)13-18-16(14(3)4)12-21(17)9-8-15-10-19-20(5)11-15/h10-11,14,16,18H,6-9,12-13H2,1-5H3. The minimum atomic E-state index is 0.327. The smallest absolute Gasteiger partial charge is 0.0522 e. The second-order valence-corrected chi connectivity index (χ2v) is 6.88. The van der Waals surface area contributed by atoms with E-state index < -0.39 is 0 Å². The second kappa shape index (κ2) is 6.93. The van der Waals surface area contributed by atoms with Gasteiger partial charge >= 0.3 is 0 Å². The molecule has 0 aromatic carbocycles. The van der Waals surface area contributed by atoms with Gasteiger partial charge in [0.05, 0.1) is 6.20 Å². The first-order chi connectivity index (χ1) is 10.0. The summed E-state index contributed by atoms with van der Waals surface area (Å²) in [6.45, 7) is 12.7. The van der Waals surface area contributed by atoms with Gasteiger partial charge in [-0.15, -0.1) is 0 Å². The summed E-state index contributed by atoms with van der Waals surface area (Å²) >= 11 is 0. The molecule has 4 heteroatoms. The maximum Gasteiger partial charge on any atom is 0.0522 e. The average Bonchev–Trinajstić information content (AvgIpc) is 2.90. The predicted molar refractivity (Wildman–Crippen MR) is 88.4 cm³/mol. The molecule has 0 saturated carbocycles. The zero-order valence-electron chi connectivity index (χ0n) is 14.4. The van der Waals surface area contributed by atoms with Crippen LogP contribution in [0, 0.1) is 5.92 Å². The van der Waals surface area contributed by atoms with Gasteiger partial charge in [-0.05, 0) is 30.7 Å². The Morgan fingerprint density at radius 1 is 1.38 bits per heavy atom. The molecule has 1 aliphatic heterocycles. The van der Waals surface area contributed by atoms with Crippen LogP contribution in [-0.2, 0) is 13.5 Å². The monoisotopic (exact) mass is 292 g/mol. The number of piperazine rings is 1. The van der Waals surface area contributed by atoms with E-state index in [-0.39, 0.29) is 0 Å². The lowest BCUT2D eigenvalue weighted by atomic mass is 9.85. The lowest BCUT2D eigenvalue weighted by Gasteiger charge is -2.50. The highest BCUT2D eigenvalue weighted by Crippen LogP contribution is 2.28. The Bertz CT molecular complexity index is 434. The summed E-state index contributed by atoms with van der Waals surface area (Å²) in [6, 6.07) is 0.616. The Morgan fingerprint density at radius 3 is 2.62 bits per heavy atom. The van der Waals surface area contributed by atoms with Crippen molar-refractivity contribution in [2.24, 2.45) is 13.0 Å². The van der Waals surface area contributed by atoms with E-state index in [4.69, 9.17) is 0 Å². The summed E-state index contributed by atoms with van der Waals surface area (Å²) < 4.78 is 1.90. The molecule has 21 heavy (non-hydrogen) atoms. The van der Waals surface area contributed by atoms with Gasteiger partial charge in [-0.2, -0.15) is 5.10 Å². The molecule has 1 unspecified atom stereocenters. The Labute approximate surface area is 129 Å². The largest absolute Gasteiger partial charge is 0.311 e. The molecule has 1 aliphatic rings. The third kappa shape index (κ3) is 3.67. The van der Waals surface area contributed by atoms with Gasteiger partial charge in [0.15, 0.2) is 0 Å². The van der Waals surface area contributed by atoms with Gasteiger partial charge in [0.2, 0.25) is 0 Å². The fraction of sp³-hybridized carbons (Fsp3) is 0.824. The summed E-state index contributed by atoms with van der Waals surface area (Å²) in [5, 5.41) is 8.07. The minimum absolute atomic E-state index is 0.327. The van der Waals surface area contributed by atoms with Crippen molar-refractivity contribution in [3.8, 4) is 0 Å². The van der Waals surface area contributed by atoms with Gasteiger partial charge in [-0.1, -0.05) is 27.7 Å². The molecule has 0 radical (unpaired) electrons. The molecule has 1 fully saturated rings. The van der Waals surface area contributed by atoms with Gasteiger partial charge in [0.1, 0.15) is 0 Å². The van der Waals surface area contributed by atoms with Crippen LogP contribution in [0.3, 0.4) is 0 Å². The van der Waals surface area contributed by atoms with Crippen molar-refractivity contribution in [1.82, 2.24) is 20.0 Å². The Balaban J connectivity index is 2.05. The summed E-state index contributed by atoms with van der Waals surface area (Å²) in [6.07, 6.45) is 7.67. The van der Waals surface area contributed by atoms with Crippen LogP contribution in [0.4, 0.5) is 0 Å². The van der Waals surface area contributed by atoms with Crippen molar-refractivity contribution in [1.29, 1.82) is 0 Å². The molecule has 4 nitrogen and oxygen atoms in total. The molecule has 0 spiro atoms. The summed E-state index contributed by atoms with van der Waals surface area (Å²) in [7, 11) is 1.99. The highest BCUT2D eigenvalue weighted by Gasteiger charge is 2.39. The van der Waals surface area contributed by atoms with Gasteiger partial charge < -0.3 is 5.32 Å². The topological polar surface area (TPSA) is 33.1 Å². The van der Waals surface area contributed by atoms with E-state index >= 15 is 0 Å². The van der Waals surface area contributed by atoms with E-state index in [2.05, 4.69) is 49.2 Å². The number of aryl methyl sites for hydroxylation is 1. The zero-order chi connectivity index (χ0) is 15.5. The molecule has 2 heterocycles. The Hall–Kier alpha value is -0.870. The van der Waals surface area contributed by atoms with Crippen LogP contribution in [0.15, 0.2) is 12.4 Å². The van der Waals surface area contributed by atoms with Crippen LogP contribution in [0.2, 0.25) is 0 Å². The summed E-state index contributed by atoms with van der Waals surface area (Å²) in [5.41, 5.74) is 1.67. The van der Waals surface area contributed by atoms with Crippen molar-refractivity contribution in [2.75, 3.05) is 19.6 Å². The lowest BCUT2D eigenvalue weighted by Crippen LogP contribution is -2.65. The first-order valence-electron chi connectivity index (χ1n) is 8.46. The molecule has 1 saturated heterocycles. The molecule has 120 valence electrons. The second-order valence-electron chi connectivity index (χ2n) is 6.88. The van der Waals surface area contributed by atoms with E-state index in [1.54, 1.807) is 0 Å². The van der Waals surface area contributed by atoms with Crippen LogP contribution in [0.25, 0.3) is 0 Å². The fourth-order valence-electron chi connectivity index (χ4n) is 3.52. The van der Waals surface area contributed by atoms with Gasteiger partial charge in [-0.25, -0.2) is 0 Å². The first kappa shape index (κ1) is 16.5. The number of hydrogen-bond acceptors (Lipinski definition) is 3. The van der Waals surface area contributed by atoms with Crippen LogP contribution in [0.1, 0.15) is 46.1 Å². The van der Waals surface area contributed by atoms with E-state index in [0.29, 0.717) is 17.5 Å². The van der Waals surface area contributed by atoms with Gasteiger partial charge in [0.25, 0.3) is 0 Å². The average molecular weight is 292 g/mol. The summed E-state index contributed by atoms with van der Waals surface area (Å²) in [4.78, 5) is 2.74. The minimum Gasteiger partial charge on any atom is -0.311 e. The number of nitrogens with zero attached hydrogens (tertiary/aromatic N) is 3. The molecule has 0 bridgehead atoms. The molecule has 0 aliphatic carbocycles. The molecular weight excluding hydrogens is 260 g/mol. The number of nitrogens with one attached hydrogen (secondary N) is 1. The van der Waals surface area contributed by atoms with Crippen LogP contribution < -0.4 is 5.32 Å². The molecule has 1 aromatic rings. The zero-order valence-corrected chi connectivity index (χ0v) is 14.4. The van der Waals surface area contributed by atoms with Gasteiger partial charge in [0, 0.05) is 44.5 Å². The van der Waals surface area contributed by atoms with E-state index in [0.717, 1.165) is 19.5 Å². The third-order valence-corrected chi connectivity index (χ3v) is 5.33. The highest BCUT2D eigenvalue weighted by molar-refractivity contribution is 5.06. The van der Waals surface area contributed by atoms with Crippen molar-refractivity contribution in [3.05, 3.63) is 18.0 Å².